The van der Waals surface area contributed by atoms with E-state index in [2.05, 4.69) is 26.0 Å². The van der Waals surface area contributed by atoms with Gasteiger partial charge < -0.3 is 9.47 Å². The quantitative estimate of drug-likeness (QED) is 0.251. The van der Waals surface area contributed by atoms with Gasteiger partial charge in [-0.05, 0) is 37.6 Å². The van der Waals surface area contributed by atoms with Gasteiger partial charge in [0, 0.05) is 22.5 Å². The van der Waals surface area contributed by atoms with Crippen molar-refractivity contribution in [1.29, 1.82) is 0 Å². The Morgan fingerprint density at radius 1 is 1.31 bits per heavy atom. The van der Waals surface area contributed by atoms with Gasteiger partial charge in [0.25, 0.3) is 5.56 Å². The van der Waals surface area contributed by atoms with Crippen LogP contribution in [0.3, 0.4) is 0 Å². The smallest absolute Gasteiger partial charge is 0.315 e. The summed E-state index contributed by atoms with van der Waals surface area (Å²) in [5.74, 6) is 0.747. The normalized spacial score (nSPS) is 12.3. The summed E-state index contributed by atoms with van der Waals surface area (Å²) in [5, 5.41) is 16.4. The number of aryl methyl sites for hydroxylation is 1. The van der Waals surface area contributed by atoms with Gasteiger partial charge in [-0.15, -0.1) is 0 Å². The first-order valence-corrected chi connectivity index (χ1v) is 10.9. The van der Waals surface area contributed by atoms with Gasteiger partial charge in [0.15, 0.2) is 5.75 Å². The van der Waals surface area contributed by atoms with Crippen molar-refractivity contribution < 1.29 is 14.4 Å². The molecule has 0 aliphatic heterocycles. The van der Waals surface area contributed by atoms with E-state index in [1.165, 1.54) is 24.1 Å². The van der Waals surface area contributed by atoms with E-state index in [4.69, 9.17) is 9.47 Å². The molecule has 9 nitrogen and oxygen atoms in total. The van der Waals surface area contributed by atoms with Gasteiger partial charge in [-0.1, -0.05) is 29.8 Å². The SMILES string of the molecule is CCc1nc2ccc(Br)cc2c(=O)n1N=Cc1cc(OC)c(O[C@H](C)CC)c([N+](=O)[O-])c1. The largest absolute Gasteiger partial charge is 0.493 e. The van der Waals surface area contributed by atoms with E-state index in [0.29, 0.717) is 35.1 Å². The number of nitro groups is 1. The highest BCUT2D eigenvalue weighted by Crippen LogP contribution is 2.38. The van der Waals surface area contributed by atoms with Crippen molar-refractivity contribution >= 4 is 38.7 Å². The minimum absolute atomic E-state index is 0.0626. The van der Waals surface area contributed by atoms with Gasteiger partial charge in [-0.25, -0.2) is 4.98 Å². The molecule has 0 aliphatic carbocycles. The Balaban J connectivity index is 2.12. The fourth-order valence-corrected chi connectivity index (χ4v) is 3.40. The van der Waals surface area contributed by atoms with Crippen LogP contribution in [0.2, 0.25) is 0 Å². The molecule has 1 atom stereocenters. The van der Waals surface area contributed by atoms with Crippen molar-refractivity contribution in [2.45, 2.75) is 39.7 Å². The number of hydrogen-bond donors (Lipinski definition) is 0. The Kier molecular flexibility index (Phi) is 7.24. The zero-order chi connectivity index (χ0) is 23.4. The summed E-state index contributed by atoms with van der Waals surface area (Å²) in [4.78, 5) is 28.7. The lowest BCUT2D eigenvalue weighted by molar-refractivity contribution is -0.386. The standard InChI is InChI=1S/C22H23BrN4O5/c1-5-13(3)32-21-18(27(29)30)9-14(10-19(21)31-4)12-24-26-20(6-2)25-17-8-7-15(23)11-16(17)22(26)28/h7-13H,5-6H2,1-4H3/t13-/m1/s1. The number of methoxy groups -OCH3 is 1. The Hall–Kier alpha value is -3.27. The zero-order valence-corrected chi connectivity index (χ0v) is 19.7. The summed E-state index contributed by atoms with van der Waals surface area (Å²) >= 11 is 3.36. The molecule has 1 aromatic heterocycles. The lowest BCUT2D eigenvalue weighted by Gasteiger charge is -2.16. The number of aromatic nitrogens is 2. The van der Waals surface area contributed by atoms with E-state index in [1.807, 2.05) is 26.8 Å². The van der Waals surface area contributed by atoms with Gasteiger partial charge in [0.1, 0.15) is 5.82 Å². The number of benzene rings is 2. The summed E-state index contributed by atoms with van der Waals surface area (Å²) in [5.41, 5.74) is 0.385. The van der Waals surface area contributed by atoms with Gasteiger partial charge in [0.05, 0.1) is 35.3 Å². The summed E-state index contributed by atoms with van der Waals surface area (Å²) in [6.07, 6.45) is 2.30. The number of nitro benzene ring substituents is 1. The number of nitrogens with zero attached hydrogens (tertiary/aromatic N) is 4. The molecule has 0 spiro atoms. The molecule has 0 unspecified atom stereocenters. The average Bonchev–Trinajstić information content (AvgIpc) is 2.78. The van der Waals surface area contributed by atoms with Crippen LogP contribution < -0.4 is 15.0 Å². The molecule has 0 aliphatic rings. The lowest BCUT2D eigenvalue weighted by atomic mass is 10.1. The summed E-state index contributed by atoms with van der Waals surface area (Å²) in [6.45, 7) is 5.61. The molecule has 3 aromatic rings. The highest BCUT2D eigenvalue weighted by atomic mass is 79.9. The van der Waals surface area contributed by atoms with Gasteiger partial charge in [-0.2, -0.15) is 9.78 Å². The third kappa shape index (κ3) is 4.80. The van der Waals surface area contributed by atoms with Crippen LogP contribution in [0.5, 0.6) is 11.5 Å². The first kappa shape index (κ1) is 23.4. The van der Waals surface area contributed by atoms with Crippen molar-refractivity contribution in [3.05, 3.63) is 66.7 Å². The van der Waals surface area contributed by atoms with Crippen LogP contribution in [0, 0.1) is 10.1 Å². The summed E-state index contributed by atoms with van der Waals surface area (Å²) in [6, 6.07) is 8.18. The number of hydrogen-bond acceptors (Lipinski definition) is 7. The van der Waals surface area contributed by atoms with Crippen LogP contribution in [0.25, 0.3) is 10.9 Å². The molecule has 1 heterocycles. The molecule has 0 bridgehead atoms. The molecule has 0 radical (unpaired) electrons. The Labute approximate surface area is 193 Å². The fraction of sp³-hybridized carbons (Fsp3) is 0.318. The van der Waals surface area contributed by atoms with Crippen molar-refractivity contribution in [2.24, 2.45) is 5.10 Å². The molecule has 10 heteroatoms. The molecule has 0 N–H and O–H groups in total. The maximum atomic E-state index is 13.0. The molecule has 32 heavy (non-hydrogen) atoms. The highest BCUT2D eigenvalue weighted by molar-refractivity contribution is 9.10. The molecular formula is C22H23BrN4O5. The third-order valence-electron chi connectivity index (χ3n) is 4.88. The van der Waals surface area contributed by atoms with Gasteiger partial charge in [0.2, 0.25) is 5.75 Å². The minimum Gasteiger partial charge on any atom is -0.493 e. The molecule has 0 saturated heterocycles. The van der Waals surface area contributed by atoms with E-state index >= 15 is 0 Å². The molecule has 0 amide bonds. The second-order valence-corrected chi connectivity index (χ2v) is 7.99. The topological polar surface area (TPSA) is 109 Å². The van der Waals surface area contributed by atoms with Crippen LogP contribution in [-0.2, 0) is 6.42 Å². The molecule has 2 aromatic carbocycles. The lowest BCUT2D eigenvalue weighted by Crippen LogP contribution is -2.22. The van der Waals surface area contributed by atoms with Gasteiger partial charge >= 0.3 is 5.69 Å². The predicted molar refractivity (Wildman–Crippen MR) is 126 cm³/mol. The predicted octanol–water partition coefficient (Wildman–Crippen LogP) is 4.70. The Morgan fingerprint density at radius 2 is 2.06 bits per heavy atom. The number of rotatable bonds is 8. The van der Waals surface area contributed by atoms with E-state index < -0.39 is 4.92 Å². The zero-order valence-electron chi connectivity index (χ0n) is 18.2. The number of fused-ring (bicyclic) bond motifs is 1. The highest BCUT2D eigenvalue weighted by Gasteiger charge is 2.23. The van der Waals surface area contributed by atoms with E-state index in [0.717, 1.165) is 4.47 Å². The molecular weight excluding hydrogens is 480 g/mol. The summed E-state index contributed by atoms with van der Waals surface area (Å²) in [7, 11) is 1.41. The molecule has 0 saturated carbocycles. The van der Waals surface area contributed by atoms with Crippen molar-refractivity contribution in [2.75, 3.05) is 7.11 Å². The minimum atomic E-state index is -0.531. The monoisotopic (exact) mass is 502 g/mol. The van der Waals surface area contributed by atoms with Crippen LogP contribution in [0.15, 0.2) is 44.7 Å². The fourth-order valence-electron chi connectivity index (χ4n) is 3.04. The Bertz CT molecular complexity index is 1260. The second kappa shape index (κ2) is 9.90. The molecule has 0 fully saturated rings. The number of ether oxygens (including phenoxy) is 2. The average molecular weight is 503 g/mol. The van der Waals surface area contributed by atoms with Crippen molar-refractivity contribution in [3.8, 4) is 11.5 Å². The maximum Gasteiger partial charge on any atom is 0.315 e. The second-order valence-electron chi connectivity index (χ2n) is 7.07. The first-order valence-electron chi connectivity index (χ1n) is 10.1. The third-order valence-corrected chi connectivity index (χ3v) is 5.38. The molecule has 168 valence electrons. The van der Waals surface area contributed by atoms with Crippen LogP contribution >= 0.6 is 15.9 Å². The van der Waals surface area contributed by atoms with E-state index in [1.54, 1.807) is 18.2 Å². The maximum absolute atomic E-state index is 13.0. The number of halogens is 1. The van der Waals surface area contributed by atoms with E-state index in [-0.39, 0.29) is 28.8 Å². The summed E-state index contributed by atoms with van der Waals surface area (Å²) < 4.78 is 13.0. The van der Waals surface area contributed by atoms with Crippen molar-refractivity contribution in [3.63, 3.8) is 0 Å². The van der Waals surface area contributed by atoms with Crippen LogP contribution in [0.4, 0.5) is 5.69 Å². The first-order chi connectivity index (χ1) is 15.3. The Morgan fingerprint density at radius 3 is 2.69 bits per heavy atom. The van der Waals surface area contributed by atoms with Crippen molar-refractivity contribution in [1.82, 2.24) is 9.66 Å². The van der Waals surface area contributed by atoms with Gasteiger partial charge in [-0.3, -0.25) is 14.9 Å². The van der Waals surface area contributed by atoms with Crippen LogP contribution in [-0.4, -0.2) is 34.0 Å². The molecule has 3 rings (SSSR count). The van der Waals surface area contributed by atoms with E-state index in [9.17, 15) is 14.9 Å². The van der Waals surface area contributed by atoms with Crippen LogP contribution in [0.1, 0.15) is 38.6 Å².